The summed E-state index contributed by atoms with van der Waals surface area (Å²) in [6.07, 6.45) is 0. The van der Waals surface area contributed by atoms with E-state index in [2.05, 4.69) is 17.1 Å². The molecule has 0 radical (unpaired) electrons. The Morgan fingerprint density at radius 1 is 1.28 bits per heavy atom. The number of ether oxygens (including phenoxy) is 2. The highest BCUT2D eigenvalue weighted by Gasteiger charge is 2.36. The highest BCUT2D eigenvalue weighted by atomic mass is 127. The summed E-state index contributed by atoms with van der Waals surface area (Å²) >= 11 is 0. The summed E-state index contributed by atoms with van der Waals surface area (Å²) in [5.41, 5.74) is 1.11. The van der Waals surface area contributed by atoms with Crippen LogP contribution in [0, 0.1) is 11.8 Å². The molecule has 1 N–H and O–H groups in total. The van der Waals surface area contributed by atoms with Crippen LogP contribution in [-0.2, 0) is 16.1 Å². The van der Waals surface area contributed by atoms with Crippen molar-refractivity contribution < 1.29 is 14.3 Å². The van der Waals surface area contributed by atoms with Crippen molar-refractivity contribution in [3.05, 3.63) is 29.8 Å². The van der Waals surface area contributed by atoms with Crippen molar-refractivity contribution in [2.75, 3.05) is 33.9 Å². The number of hydrogen-bond donors (Lipinski definition) is 1. The van der Waals surface area contributed by atoms with Crippen LogP contribution >= 0.6 is 24.0 Å². The Hall–Kier alpha value is -1.51. The number of carbonyl (C=O) groups excluding carboxylic acids is 1. The van der Waals surface area contributed by atoms with Crippen LogP contribution in [-0.4, -0.2) is 50.7 Å². The normalized spacial score (nSPS) is 20.0. The predicted molar refractivity (Wildman–Crippen MR) is 109 cm³/mol. The largest absolute Gasteiger partial charge is 0.497 e. The number of methoxy groups -OCH3 is 2. The Bertz CT molecular complexity index is 577. The van der Waals surface area contributed by atoms with Gasteiger partial charge in [-0.2, -0.15) is 0 Å². The molecule has 25 heavy (non-hydrogen) atoms. The Morgan fingerprint density at radius 3 is 2.52 bits per heavy atom. The lowest BCUT2D eigenvalue weighted by Crippen LogP contribution is -2.40. The molecule has 0 aromatic heterocycles. The van der Waals surface area contributed by atoms with Gasteiger partial charge in [0.05, 0.1) is 26.7 Å². The van der Waals surface area contributed by atoms with Crippen molar-refractivity contribution in [2.45, 2.75) is 20.4 Å². The first-order chi connectivity index (χ1) is 11.6. The third-order valence-electron chi connectivity index (χ3n) is 4.32. The summed E-state index contributed by atoms with van der Waals surface area (Å²) in [6, 6.07) is 7.89. The fraction of sp³-hybridized carbons (Fsp3) is 0.556. The number of rotatable bonds is 5. The van der Waals surface area contributed by atoms with E-state index in [1.165, 1.54) is 7.11 Å². The zero-order valence-corrected chi connectivity index (χ0v) is 17.7. The summed E-state index contributed by atoms with van der Waals surface area (Å²) in [5, 5.41) is 3.31. The molecule has 2 atom stereocenters. The van der Waals surface area contributed by atoms with Crippen molar-refractivity contribution in [1.29, 1.82) is 0 Å². The monoisotopic (exact) mass is 461 g/mol. The number of likely N-dealkylation sites (tertiary alicyclic amines) is 1. The first-order valence-corrected chi connectivity index (χ1v) is 8.33. The molecule has 1 aromatic rings. The minimum absolute atomic E-state index is 0. The average Bonchev–Trinajstić information content (AvgIpc) is 3.00. The second-order valence-corrected chi connectivity index (χ2v) is 6.03. The van der Waals surface area contributed by atoms with Crippen molar-refractivity contribution in [1.82, 2.24) is 10.2 Å². The topological polar surface area (TPSA) is 63.2 Å². The van der Waals surface area contributed by atoms with E-state index in [-0.39, 0.29) is 41.8 Å². The zero-order valence-electron chi connectivity index (χ0n) is 15.3. The summed E-state index contributed by atoms with van der Waals surface area (Å²) in [6.45, 7) is 6.93. The Morgan fingerprint density at radius 2 is 1.96 bits per heavy atom. The average molecular weight is 461 g/mol. The number of aliphatic imine (C=N–C) groups is 1. The molecule has 0 saturated carbocycles. The molecule has 1 aliphatic heterocycles. The number of hydrogen-bond acceptors (Lipinski definition) is 4. The maximum absolute atomic E-state index is 11.9. The first kappa shape index (κ1) is 21.5. The number of esters is 1. The maximum Gasteiger partial charge on any atom is 0.310 e. The number of guanidine groups is 1. The van der Waals surface area contributed by atoms with Crippen molar-refractivity contribution >= 4 is 35.9 Å². The van der Waals surface area contributed by atoms with Gasteiger partial charge in [-0.3, -0.25) is 4.79 Å². The second kappa shape index (κ2) is 10.5. The first-order valence-electron chi connectivity index (χ1n) is 8.33. The Labute approximate surface area is 167 Å². The standard InChI is InChI=1S/C18H27N3O3.HI/c1-5-19-18(20-10-14-6-8-15(23-3)9-7-14)21-11-13(2)16(12-21)17(22)24-4;/h6-9,13,16H,5,10-12H2,1-4H3,(H,19,20);1H. The minimum Gasteiger partial charge on any atom is -0.497 e. The van der Waals surface area contributed by atoms with E-state index in [9.17, 15) is 4.79 Å². The summed E-state index contributed by atoms with van der Waals surface area (Å²) in [5.74, 6) is 1.69. The van der Waals surface area contributed by atoms with E-state index in [1.807, 2.05) is 31.2 Å². The molecule has 1 heterocycles. The Kier molecular flexibility index (Phi) is 9.02. The third kappa shape index (κ3) is 5.76. The van der Waals surface area contributed by atoms with Gasteiger partial charge in [-0.25, -0.2) is 4.99 Å². The van der Waals surface area contributed by atoms with Gasteiger partial charge in [0.2, 0.25) is 0 Å². The highest BCUT2D eigenvalue weighted by Crippen LogP contribution is 2.24. The molecular formula is C18H28IN3O3. The van der Waals surface area contributed by atoms with E-state index >= 15 is 0 Å². The molecule has 0 spiro atoms. The van der Waals surface area contributed by atoms with Crippen LogP contribution in [0.15, 0.2) is 29.3 Å². The van der Waals surface area contributed by atoms with Crippen LogP contribution in [0.2, 0.25) is 0 Å². The SMILES string of the molecule is CCNC(=NCc1ccc(OC)cc1)N1CC(C)C(C(=O)OC)C1.I. The molecular weight excluding hydrogens is 433 g/mol. The molecule has 0 bridgehead atoms. The number of nitrogens with zero attached hydrogens (tertiary/aromatic N) is 2. The van der Waals surface area contributed by atoms with Gasteiger partial charge in [0.25, 0.3) is 0 Å². The predicted octanol–water partition coefficient (Wildman–Crippen LogP) is 2.52. The quantitative estimate of drug-likeness (QED) is 0.316. The van der Waals surface area contributed by atoms with Crippen LogP contribution in [0.5, 0.6) is 5.75 Å². The third-order valence-corrected chi connectivity index (χ3v) is 4.32. The van der Waals surface area contributed by atoms with Crippen molar-refractivity contribution in [2.24, 2.45) is 16.8 Å². The lowest BCUT2D eigenvalue weighted by atomic mass is 9.99. The maximum atomic E-state index is 11.9. The van der Waals surface area contributed by atoms with E-state index in [1.54, 1.807) is 7.11 Å². The molecule has 2 rings (SSSR count). The molecule has 2 unspecified atom stereocenters. The summed E-state index contributed by atoms with van der Waals surface area (Å²) < 4.78 is 10.1. The molecule has 6 nitrogen and oxygen atoms in total. The van der Waals surface area contributed by atoms with Crippen molar-refractivity contribution in [3.8, 4) is 5.75 Å². The van der Waals surface area contributed by atoms with E-state index < -0.39 is 0 Å². The molecule has 7 heteroatoms. The molecule has 1 fully saturated rings. The van der Waals surface area contributed by atoms with Crippen LogP contribution in [0.4, 0.5) is 0 Å². The van der Waals surface area contributed by atoms with Crippen LogP contribution in [0.25, 0.3) is 0 Å². The fourth-order valence-corrected chi connectivity index (χ4v) is 2.92. The Balaban J connectivity index is 0.00000312. The fourth-order valence-electron chi connectivity index (χ4n) is 2.92. The lowest BCUT2D eigenvalue weighted by Gasteiger charge is -2.21. The van der Waals surface area contributed by atoms with Crippen LogP contribution < -0.4 is 10.1 Å². The van der Waals surface area contributed by atoms with Crippen LogP contribution in [0.3, 0.4) is 0 Å². The molecule has 1 aromatic carbocycles. The van der Waals surface area contributed by atoms with Crippen molar-refractivity contribution in [3.63, 3.8) is 0 Å². The van der Waals surface area contributed by atoms with Gasteiger partial charge >= 0.3 is 5.97 Å². The number of nitrogens with one attached hydrogen (secondary N) is 1. The molecule has 1 aliphatic rings. The highest BCUT2D eigenvalue weighted by molar-refractivity contribution is 14.0. The smallest absolute Gasteiger partial charge is 0.310 e. The zero-order chi connectivity index (χ0) is 17.5. The van der Waals surface area contributed by atoms with Gasteiger partial charge in [0, 0.05) is 19.6 Å². The molecule has 1 saturated heterocycles. The molecule has 0 aliphatic carbocycles. The van der Waals surface area contributed by atoms with Gasteiger partial charge in [-0.1, -0.05) is 19.1 Å². The number of benzene rings is 1. The molecule has 140 valence electrons. The van der Waals surface area contributed by atoms with E-state index in [0.29, 0.717) is 13.1 Å². The van der Waals surface area contributed by atoms with Crippen LogP contribution in [0.1, 0.15) is 19.4 Å². The lowest BCUT2D eigenvalue weighted by molar-refractivity contribution is -0.145. The number of carbonyl (C=O) groups is 1. The van der Waals surface area contributed by atoms with Gasteiger partial charge in [-0.05, 0) is 30.5 Å². The van der Waals surface area contributed by atoms with Gasteiger partial charge in [0.15, 0.2) is 5.96 Å². The van der Waals surface area contributed by atoms with Gasteiger partial charge in [-0.15, -0.1) is 24.0 Å². The summed E-state index contributed by atoms with van der Waals surface area (Å²) in [7, 11) is 3.10. The second-order valence-electron chi connectivity index (χ2n) is 6.03. The summed E-state index contributed by atoms with van der Waals surface area (Å²) in [4.78, 5) is 18.7. The number of halogens is 1. The van der Waals surface area contributed by atoms with E-state index in [0.717, 1.165) is 30.4 Å². The van der Waals surface area contributed by atoms with E-state index in [4.69, 9.17) is 14.5 Å². The molecule has 0 amide bonds. The van der Waals surface area contributed by atoms with Gasteiger partial charge < -0.3 is 19.7 Å². The van der Waals surface area contributed by atoms with Gasteiger partial charge in [0.1, 0.15) is 5.75 Å². The minimum atomic E-state index is -0.143.